The highest BCUT2D eigenvalue weighted by Crippen LogP contribution is 2.35. The number of nitrogens with zero attached hydrogens (tertiary/aromatic N) is 2. The number of nitrogens with two attached hydrogens (primary N) is 1. The number of hydrogen-bond donors (Lipinski definition) is 2. The van der Waals surface area contributed by atoms with Crippen LogP contribution in [0.3, 0.4) is 0 Å². The molecule has 0 radical (unpaired) electrons. The third-order valence-corrected chi connectivity index (χ3v) is 4.12. The second-order valence-corrected chi connectivity index (χ2v) is 5.95. The van der Waals surface area contributed by atoms with E-state index in [1.54, 1.807) is 0 Å². The minimum Gasteiger partial charge on any atom is -0.370 e. The largest absolute Gasteiger partial charge is 0.370 e. The van der Waals surface area contributed by atoms with E-state index in [4.69, 9.17) is 5.73 Å². The zero-order valence-electron chi connectivity index (χ0n) is 12.9. The van der Waals surface area contributed by atoms with Crippen molar-refractivity contribution >= 4 is 29.9 Å². The molecule has 1 saturated carbocycles. The van der Waals surface area contributed by atoms with Gasteiger partial charge in [0.1, 0.15) is 0 Å². The van der Waals surface area contributed by atoms with E-state index >= 15 is 0 Å². The molecule has 19 heavy (non-hydrogen) atoms. The van der Waals surface area contributed by atoms with Crippen LogP contribution >= 0.6 is 24.0 Å². The minimum atomic E-state index is 0. The predicted molar refractivity (Wildman–Crippen MR) is 94.2 cm³/mol. The maximum Gasteiger partial charge on any atom is 0.188 e. The molecule has 0 heterocycles. The summed E-state index contributed by atoms with van der Waals surface area (Å²) >= 11 is 0. The van der Waals surface area contributed by atoms with Gasteiger partial charge in [0, 0.05) is 12.1 Å². The molecule has 0 aromatic rings. The lowest BCUT2D eigenvalue weighted by Gasteiger charge is -2.44. The van der Waals surface area contributed by atoms with Crippen LogP contribution in [0.25, 0.3) is 0 Å². The van der Waals surface area contributed by atoms with Crippen molar-refractivity contribution in [1.29, 1.82) is 0 Å². The average Bonchev–Trinajstić information content (AvgIpc) is 2.33. The zero-order valence-corrected chi connectivity index (χ0v) is 15.2. The molecule has 1 aliphatic rings. The molecule has 5 heteroatoms. The molecule has 3 N–H and O–H groups in total. The highest BCUT2D eigenvalue weighted by molar-refractivity contribution is 14.0. The molecular weight excluding hydrogens is 351 g/mol. The van der Waals surface area contributed by atoms with E-state index < -0.39 is 0 Å². The molecule has 0 spiro atoms. The first-order valence-corrected chi connectivity index (χ1v) is 7.21. The van der Waals surface area contributed by atoms with Gasteiger partial charge in [0.05, 0.1) is 6.54 Å². The van der Waals surface area contributed by atoms with Crippen molar-refractivity contribution in [3.63, 3.8) is 0 Å². The van der Waals surface area contributed by atoms with Crippen molar-refractivity contribution in [3.05, 3.63) is 0 Å². The standard InChI is InChI=1S/C14H30N4.HI/c1-5-9-16-13(15)17-11-14(18(3)4)8-6-7-12(2)10-14;/h12H,5-11H2,1-4H3,(H3,15,16,17);1H. The Morgan fingerprint density at radius 3 is 2.68 bits per heavy atom. The summed E-state index contributed by atoms with van der Waals surface area (Å²) in [6.45, 7) is 6.19. The van der Waals surface area contributed by atoms with Gasteiger partial charge in [-0.1, -0.05) is 26.7 Å². The summed E-state index contributed by atoms with van der Waals surface area (Å²) < 4.78 is 0. The lowest BCUT2D eigenvalue weighted by molar-refractivity contribution is 0.0845. The van der Waals surface area contributed by atoms with Gasteiger partial charge in [-0.2, -0.15) is 0 Å². The topological polar surface area (TPSA) is 53.6 Å². The molecular formula is C14H31IN4. The third-order valence-electron chi connectivity index (χ3n) is 4.12. The van der Waals surface area contributed by atoms with Crippen LogP contribution < -0.4 is 11.1 Å². The van der Waals surface area contributed by atoms with Crippen LogP contribution in [0.4, 0.5) is 0 Å². The van der Waals surface area contributed by atoms with Gasteiger partial charge >= 0.3 is 0 Å². The molecule has 2 atom stereocenters. The maximum absolute atomic E-state index is 5.89. The van der Waals surface area contributed by atoms with Crippen molar-refractivity contribution in [3.8, 4) is 0 Å². The second-order valence-electron chi connectivity index (χ2n) is 5.95. The average molecular weight is 382 g/mol. The lowest BCUT2D eigenvalue weighted by atomic mass is 9.75. The van der Waals surface area contributed by atoms with E-state index in [2.05, 4.69) is 43.2 Å². The van der Waals surface area contributed by atoms with Crippen LogP contribution in [0.5, 0.6) is 0 Å². The van der Waals surface area contributed by atoms with E-state index in [0.717, 1.165) is 25.4 Å². The Hall–Kier alpha value is -0.0400. The van der Waals surface area contributed by atoms with Crippen LogP contribution in [0.1, 0.15) is 46.0 Å². The van der Waals surface area contributed by atoms with E-state index in [0.29, 0.717) is 5.96 Å². The number of rotatable bonds is 5. The Balaban J connectivity index is 0.00000324. The summed E-state index contributed by atoms with van der Waals surface area (Å²) in [5.74, 6) is 1.39. The van der Waals surface area contributed by atoms with Gasteiger partial charge in [-0.3, -0.25) is 4.99 Å². The molecule has 0 bridgehead atoms. The number of aliphatic imine (C=N–C) groups is 1. The highest BCUT2D eigenvalue weighted by Gasteiger charge is 2.36. The van der Waals surface area contributed by atoms with Crippen LogP contribution in [0.2, 0.25) is 0 Å². The Kier molecular flexibility index (Phi) is 8.98. The molecule has 0 aromatic heterocycles. The number of guanidine groups is 1. The summed E-state index contributed by atoms with van der Waals surface area (Å²) in [5, 5.41) is 3.15. The van der Waals surface area contributed by atoms with E-state index in [1.807, 2.05) is 0 Å². The summed E-state index contributed by atoms with van der Waals surface area (Å²) in [7, 11) is 4.34. The summed E-state index contributed by atoms with van der Waals surface area (Å²) in [6, 6.07) is 0. The molecule has 1 aliphatic carbocycles. The SMILES string of the molecule is CCCNC(N)=NCC1(N(C)C)CCCC(C)C1.I. The van der Waals surface area contributed by atoms with E-state index in [-0.39, 0.29) is 29.5 Å². The predicted octanol–water partition coefficient (Wildman–Crippen LogP) is 2.43. The Morgan fingerprint density at radius 2 is 2.16 bits per heavy atom. The van der Waals surface area contributed by atoms with E-state index in [1.165, 1.54) is 25.7 Å². The first kappa shape index (κ1) is 19.0. The summed E-state index contributed by atoms with van der Waals surface area (Å²) in [5.41, 5.74) is 6.10. The van der Waals surface area contributed by atoms with Gasteiger partial charge in [0.15, 0.2) is 5.96 Å². The Morgan fingerprint density at radius 1 is 1.47 bits per heavy atom. The van der Waals surface area contributed by atoms with Crippen LogP contribution in [0, 0.1) is 5.92 Å². The molecule has 0 saturated heterocycles. The van der Waals surface area contributed by atoms with Gasteiger partial charge in [-0.25, -0.2) is 0 Å². The molecule has 0 aromatic carbocycles. The van der Waals surface area contributed by atoms with Crippen LogP contribution in [0.15, 0.2) is 4.99 Å². The smallest absolute Gasteiger partial charge is 0.188 e. The molecule has 0 aliphatic heterocycles. The number of nitrogens with one attached hydrogen (secondary N) is 1. The molecule has 1 rings (SSSR count). The van der Waals surface area contributed by atoms with Gasteiger partial charge in [-0.05, 0) is 39.3 Å². The number of halogens is 1. The van der Waals surface area contributed by atoms with Crippen molar-refractivity contribution in [2.75, 3.05) is 27.2 Å². The monoisotopic (exact) mass is 382 g/mol. The van der Waals surface area contributed by atoms with Gasteiger partial charge in [-0.15, -0.1) is 24.0 Å². The first-order chi connectivity index (χ1) is 8.50. The molecule has 2 unspecified atom stereocenters. The normalized spacial score (nSPS) is 28.1. The maximum atomic E-state index is 5.89. The van der Waals surface area contributed by atoms with Crippen molar-refractivity contribution in [2.45, 2.75) is 51.5 Å². The fourth-order valence-corrected chi connectivity index (χ4v) is 2.86. The minimum absolute atomic E-state index is 0. The number of likely N-dealkylation sites (N-methyl/N-ethyl adjacent to an activating group) is 1. The van der Waals surface area contributed by atoms with Crippen LogP contribution in [-0.2, 0) is 0 Å². The van der Waals surface area contributed by atoms with Gasteiger partial charge < -0.3 is 16.0 Å². The fraction of sp³-hybridized carbons (Fsp3) is 0.929. The van der Waals surface area contributed by atoms with Crippen molar-refractivity contribution in [1.82, 2.24) is 10.2 Å². The quantitative estimate of drug-likeness (QED) is 0.436. The van der Waals surface area contributed by atoms with Gasteiger partial charge in [0.25, 0.3) is 0 Å². The fourth-order valence-electron chi connectivity index (χ4n) is 2.86. The lowest BCUT2D eigenvalue weighted by Crippen LogP contribution is -2.50. The van der Waals surface area contributed by atoms with Crippen molar-refractivity contribution < 1.29 is 0 Å². The Bertz CT molecular complexity index is 281. The third kappa shape index (κ3) is 5.85. The highest BCUT2D eigenvalue weighted by atomic mass is 127. The molecule has 1 fully saturated rings. The zero-order chi connectivity index (χ0) is 13.6. The molecule has 114 valence electrons. The molecule has 4 nitrogen and oxygen atoms in total. The van der Waals surface area contributed by atoms with Crippen molar-refractivity contribution in [2.24, 2.45) is 16.6 Å². The van der Waals surface area contributed by atoms with E-state index in [9.17, 15) is 0 Å². The second kappa shape index (κ2) is 9.00. The van der Waals surface area contributed by atoms with Crippen LogP contribution in [-0.4, -0.2) is 43.6 Å². The summed E-state index contributed by atoms with van der Waals surface area (Å²) in [4.78, 5) is 6.90. The molecule has 0 amide bonds. The number of hydrogen-bond acceptors (Lipinski definition) is 2. The van der Waals surface area contributed by atoms with Gasteiger partial charge in [0.2, 0.25) is 0 Å². The Labute approximate surface area is 135 Å². The first-order valence-electron chi connectivity index (χ1n) is 7.21. The summed E-state index contributed by atoms with van der Waals surface area (Å²) in [6.07, 6.45) is 6.19.